The highest BCUT2D eigenvalue weighted by Crippen LogP contribution is 2.37. The highest BCUT2D eigenvalue weighted by molar-refractivity contribution is 5.76. The second-order valence-corrected chi connectivity index (χ2v) is 5.04. The van der Waals surface area contributed by atoms with Gasteiger partial charge in [0.15, 0.2) is 0 Å². The number of rotatable bonds is 5. The SMILES string of the molecule is COC(=O)C(C)(C)COc1ccc(C=O)cc1C(F)(F)F. The third-order valence-electron chi connectivity index (χ3n) is 2.77. The molecule has 1 rings (SSSR count). The molecule has 0 bridgehead atoms. The lowest BCUT2D eigenvalue weighted by Crippen LogP contribution is -2.32. The Morgan fingerprint density at radius 3 is 2.38 bits per heavy atom. The Morgan fingerprint density at radius 2 is 1.90 bits per heavy atom. The Hall–Kier alpha value is -2.05. The number of hydrogen-bond donors (Lipinski definition) is 0. The van der Waals surface area contributed by atoms with Gasteiger partial charge in [0.1, 0.15) is 18.6 Å². The maximum atomic E-state index is 12.9. The van der Waals surface area contributed by atoms with Gasteiger partial charge in [-0.25, -0.2) is 0 Å². The zero-order chi connectivity index (χ0) is 16.3. The molecule has 0 spiro atoms. The monoisotopic (exact) mass is 304 g/mol. The Balaban J connectivity index is 3.04. The number of carbonyl (C=O) groups excluding carboxylic acids is 2. The molecular weight excluding hydrogens is 289 g/mol. The van der Waals surface area contributed by atoms with Gasteiger partial charge in [-0.3, -0.25) is 9.59 Å². The van der Waals surface area contributed by atoms with Crippen LogP contribution >= 0.6 is 0 Å². The van der Waals surface area contributed by atoms with E-state index in [9.17, 15) is 22.8 Å². The summed E-state index contributed by atoms with van der Waals surface area (Å²) in [5.74, 6) is -1.04. The van der Waals surface area contributed by atoms with Gasteiger partial charge in [0.05, 0.1) is 18.1 Å². The maximum absolute atomic E-state index is 12.9. The lowest BCUT2D eigenvalue weighted by atomic mass is 9.95. The van der Waals surface area contributed by atoms with Crippen LogP contribution in [0.25, 0.3) is 0 Å². The molecule has 0 amide bonds. The van der Waals surface area contributed by atoms with E-state index >= 15 is 0 Å². The summed E-state index contributed by atoms with van der Waals surface area (Å²) in [7, 11) is 1.18. The molecule has 21 heavy (non-hydrogen) atoms. The zero-order valence-electron chi connectivity index (χ0n) is 11.8. The summed E-state index contributed by atoms with van der Waals surface area (Å²) in [6.07, 6.45) is -4.35. The molecular formula is C14H15F3O4. The van der Waals surface area contributed by atoms with Crippen LogP contribution in [0.5, 0.6) is 5.75 Å². The van der Waals surface area contributed by atoms with Crippen LogP contribution in [0, 0.1) is 5.41 Å². The van der Waals surface area contributed by atoms with Gasteiger partial charge in [-0.15, -0.1) is 0 Å². The zero-order valence-corrected chi connectivity index (χ0v) is 11.8. The van der Waals surface area contributed by atoms with Crippen LogP contribution in [0.2, 0.25) is 0 Å². The molecule has 7 heteroatoms. The number of halogens is 3. The van der Waals surface area contributed by atoms with E-state index in [1.807, 2.05) is 0 Å². The van der Waals surface area contributed by atoms with Crippen LogP contribution < -0.4 is 4.74 Å². The van der Waals surface area contributed by atoms with E-state index in [4.69, 9.17) is 4.74 Å². The van der Waals surface area contributed by atoms with Gasteiger partial charge in [-0.2, -0.15) is 13.2 Å². The van der Waals surface area contributed by atoms with Gasteiger partial charge in [0.2, 0.25) is 0 Å². The molecule has 0 atom stereocenters. The number of ether oxygens (including phenoxy) is 2. The van der Waals surface area contributed by atoms with E-state index in [1.54, 1.807) is 0 Å². The molecule has 1 aromatic carbocycles. The van der Waals surface area contributed by atoms with Crippen molar-refractivity contribution in [3.63, 3.8) is 0 Å². The average Bonchev–Trinajstić information content (AvgIpc) is 2.43. The minimum absolute atomic E-state index is 0.109. The summed E-state index contributed by atoms with van der Waals surface area (Å²) in [5.41, 5.74) is -2.27. The van der Waals surface area contributed by atoms with Crippen molar-refractivity contribution in [3.8, 4) is 5.75 Å². The molecule has 0 unspecified atom stereocenters. The normalized spacial score (nSPS) is 11.9. The number of carbonyl (C=O) groups is 2. The molecule has 0 aliphatic heterocycles. The molecule has 0 aliphatic rings. The van der Waals surface area contributed by atoms with Crippen LogP contribution in [-0.2, 0) is 15.7 Å². The first-order chi connectivity index (χ1) is 9.61. The fourth-order valence-electron chi connectivity index (χ4n) is 1.56. The molecule has 0 saturated carbocycles. The number of hydrogen-bond acceptors (Lipinski definition) is 4. The van der Waals surface area contributed by atoms with Gasteiger partial charge in [0, 0.05) is 5.56 Å². The van der Waals surface area contributed by atoms with Gasteiger partial charge in [-0.1, -0.05) is 0 Å². The van der Waals surface area contributed by atoms with E-state index in [0.29, 0.717) is 12.4 Å². The maximum Gasteiger partial charge on any atom is 0.419 e. The number of aldehydes is 1. The first-order valence-electron chi connectivity index (χ1n) is 5.99. The van der Waals surface area contributed by atoms with Crippen molar-refractivity contribution in [2.45, 2.75) is 20.0 Å². The number of esters is 1. The molecule has 0 aliphatic carbocycles. The Kier molecular flexibility index (Phi) is 4.98. The van der Waals surface area contributed by atoms with E-state index in [0.717, 1.165) is 6.07 Å². The molecule has 116 valence electrons. The Morgan fingerprint density at radius 1 is 1.29 bits per heavy atom. The molecule has 0 N–H and O–H groups in total. The van der Waals surface area contributed by atoms with Crippen molar-refractivity contribution in [3.05, 3.63) is 29.3 Å². The minimum Gasteiger partial charge on any atom is -0.492 e. The van der Waals surface area contributed by atoms with Gasteiger partial charge >= 0.3 is 12.1 Å². The molecule has 0 saturated heterocycles. The molecule has 1 aromatic rings. The predicted molar refractivity (Wildman–Crippen MR) is 68.1 cm³/mol. The summed E-state index contributed by atoms with van der Waals surface area (Å²) < 4.78 is 48.4. The fourth-order valence-corrected chi connectivity index (χ4v) is 1.56. The summed E-state index contributed by atoms with van der Waals surface area (Å²) in [6, 6.07) is 2.97. The third kappa shape index (κ3) is 4.21. The number of benzene rings is 1. The second-order valence-electron chi connectivity index (χ2n) is 5.04. The van der Waals surface area contributed by atoms with Crippen molar-refractivity contribution in [2.75, 3.05) is 13.7 Å². The molecule has 0 radical (unpaired) electrons. The first kappa shape index (κ1) is 17.0. The predicted octanol–water partition coefficient (Wildman–Crippen LogP) is 3.10. The minimum atomic E-state index is -4.66. The van der Waals surface area contributed by atoms with Crippen molar-refractivity contribution in [2.24, 2.45) is 5.41 Å². The lowest BCUT2D eigenvalue weighted by molar-refractivity contribution is -0.152. The quantitative estimate of drug-likeness (QED) is 0.619. The molecule has 0 fully saturated rings. The van der Waals surface area contributed by atoms with Gasteiger partial charge < -0.3 is 9.47 Å². The highest BCUT2D eigenvalue weighted by atomic mass is 19.4. The number of alkyl halides is 3. The van der Waals surface area contributed by atoms with E-state index < -0.39 is 28.9 Å². The van der Waals surface area contributed by atoms with E-state index in [2.05, 4.69) is 4.74 Å². The average molecular weight is 304 g/mol. The van der Waals surface area contributed by atoms with Crippen LogP contribution in [0.4, 0.5) is 13.2 Å². The number of methoxy groups -OCH3 is 1. The first-order valence-corrected chi connectivity index (χ1v) is 5.99. The van der Waals surface area contributed by atoms with Crippen LogP contribution in [0.15, 0.2) is 18.2 Å². The highest BCUT2D eigenvalue weighted by Gasteiger charge is 2.36. The largest absolute Gasteiger partial charge is 0.492 e. The van der Waals surface area contributed by atoms with Crippen LogP contribution in [0.3, 0.4) is 0 Å². The lowest BCUT2D eigenvalue weighted by Gasteiger charge is -2.23. The molecule has 0 heterocycles. The van der Waals surface area contributed by atoms with Crippen molar-refractivity contribution < 1.29 is 32.2 Å². The Bertz CT molecular complexity index is 536. The summed E-state index contributed by atoms with van der Waals surface area (Å²) >= 11 is 0. The topological polar surface area (TPSA) is 52.6 Å². The standard InChI is InChI=1S/C14H15F3O4/c1-13(2,12(19)20-3)8-21-11-5-4-9(7-18)6-10(11)14(15,16)17/h4-7H,8H2,1-3H3. The van der Waals surface area contributed by atoms with E-state index in [1.165, 1.54) is 27.0 Å². The van der Waals surface area contributed by atoms with Crippen LogP contribution in [-0.4, -0.2) is 26.0 Å². The summed E-state index contributed by atoms with van der Waals surface area (Å²) in [5, 5.41) is 0. The summed E-state index contributed by atoms with van der Waals surface area (Å²) in [4.78, 5) is 22.0. The van der Waals surface area contributed by atoms with Crippen molar-refractivity contribution >= 4 is 12.3 Å². The van der Waals surface area contributed by atoms with Crippen molar-refractivity contribution in [1.82, 2.24) is 0 Å². The fraction of sp³-hybridized carbons (Fsp3) is 0.429. The molecule has 4 nitrogen and oxygen atoms in total. The van der Waals surface area contributed by atoms with E-state index in [-0.39, 0.29) is 12.2 Å². The van der Waals surface area contributed by atoms with Crippen molar-refractivity contribution in [1.29, 1.82) is 0 Å². The van der Waals surface area contributed by atoms with Crippen LogP contribution in [0.1, 0.15) is 29.8 Å². The molecule has 0 aromatic heterocycles. The smallest absolute Gasteiger partial charge is 0.419 e. The third-order valence-corrected chi connectivity index (χ3v) is 2.77. The second kappa shape index (κ2) is 6.15. The van der Waals surface area contributed by atoms with Gasteiger partial charge in [-0.05, 0) is 32.0 Å². The Labute approximate surface area is 119 Å². The van der Waals surface area contributed by atoms with Gasteiger partial charge in [0.25, 0.3) is 0 Å². The summed E-state index contributed by atoms with van der Waals surface area (Å²) in [6.45, 7) is 2.70.